The molecule has 27 heavy (non-hydrogen) atoms. The molecule has 148 valence electrons. The van der Waals surface area contributed by atoms with Crippen LogP contribution in [0.2, 0.25) is 0 Å². The minimum Gasteiger partial charge on any atom is -0.378 e. The maximum atomic E-state index is 12.6. The molecule has 4 heteroatoms. The van der Waals surface area contributed by atoms with E-state index in [2.05, 4.69) is 55.1 Å². The van der Waals surface area contributed by atoms with Gasteiger partial charge in [0.15, 0.2) is 0 Å². The summed E-state index contributed by atoms with van der Waals surface area (Å²) in [6.07, 6.45) is 9.60. The lowest BCUT2D eigenvalue weighted by Crippen LogP contribution is -2.59. The van der Waals surface area contributed by atoms with Crippen molar-refractivity contribution in [3.05, 3.63) is 29.8 Å². The predicted molar refractivity (Wildman–Crippen MR) is 111 cm³/mol. The van der Waals surface area contributed by atoms with E-state index in [-0.39, 0.29) is 11.6 Å². The van der Waals surface area contributed by atoms with Gasteiger partial charge in [-0.3, -0.25) is 0 Å². The van der Waals surface area contributed by atoms with Crippen LogP contribution < -0.4 is 10.6 Å². The van der Waals surface area contributed by atoms with Gasteiger partial charge in [-0.05, 0) is 80.9 Å². The third-order valence-electron chi connectivity index (χ3n) is 7.69. The van der Waals surface area contributed by atoms with Gasteiger partial charge in [-0.25, -0.2) is 4.79 Å². The summed E-state index contributed by atoms with van der Waals surface area (Å²) in [6.45, 7) is 2.30. The number of urea groups is 1. The summed E-state index contributed by atoms with van der Waals surface area (Å²) < 4.78 is 0. The van der Waals surface area contributed by atoms with E-state index < -0.39 is 0 Å². The SMILES string of the molecule is CN(C)c1ccc(C2CCCC(C)(N(C(N)=O)C3CC4CCC3C4)C2)cc1. The molecule has 0 saturated heterocycles. The first-order chi connectivity index (χ1) is 12.9. The minimum absolute atomic E-state index is 0.107. The lowest BCUT2D eigenvalue weighted by atomic mass is 9.72. The van der Waals surface area contributed by atoms with E-state index in [1.165, 1.54) is 49.8 Å². The highest BCUT2D eigenvalue weighted by Gasteiger charge is 2.50. The Bertz CT molecular complexity index is 685. The van der Waals surface area contributed by atoms with E-state index in [1.807, 2.05) is 0 Å². The fourth-order valence-electron chi connectivity index (χ4n) is 6.37. The van der Waals surface area contributed by atoms with Crippen molar-refractivity contribution in [3.63, 3.8) is 0 Å². The van der Waals surface area contributed by atoms with Gasteiger partial charge in [0.25, 0.3) is 0 Å². The Morgan fingerprint density at radius 3 is 2.41 bits per heavy atom. The minimum atomic E-state index is -0.196. The Kier molecular flexibility index (Phi) is 4.85. The highest BCUT2D eigenvalue weighted by atomic mass is 16.2. The van der Waals surface area contributed by atoms with Crippen LogP contribution in [0.1, 0.15) is 69.8 Å². The number of fused-ring (bicyclic) bond motifs is 2. The number of primary amides is 1. The van der Waals surface area contributed by atoms with Crippen LogP contribution >= 0.6 is 0 Å². The van der Waals surface area contributed by atoms with Crippen molar-refractivity contribution in [1.29, 1.82) is 0 Å². The van der Waals surface area contributed by atoms with Crippen molar-refractivity contribution in [2.75, 3.05) is 19.0 Å². The quantitative estimate of drug-likeness (QED) is 0.833. The fourth-order valence-corrected chi connectivity index (χ4v) is 6.37. The monoisotopic (exact) mass is 369 g/mol. The number of carbonyl (C=O) groups is 1. The molecule has 4 nitrogen and oxygen atoms in total. The van der Waals surface area contributed by atoms with Gasteiger partial charge >= 0.3 is 6.03 Å². The summed E-state index contributed by atoms with van der Waals surface area (Å²) in [5.74, 6) is 2.02. The van der Waals surface area contributed by atoms with Crippen LogP contribution in [-0.2, 0) is 0 Å². The number of benzene rings is 1. The van der Waals surface area contributed by atoms with Crippen molar-refractivity contribution >= 4 is 11.7 Å². The van der Waals surface area contributed by atoms with E-state index in [1.54, 1.807) is 0 Å². The summed E-state index contributed by atoms with van der Waals surface area (Å²) in [5, 5.41) is 0. The average Bonchev–Trinajstić information content (AvgIpc) is 3.24. The first-order valence-electron chi connectivity index (χ1n) is 10.7. The molecule has 1 aromatic carbocycles. The lowest BCUT2D eigenvalue weighted by Gasteiger charge is -2.50. The molecule has 0 aliphatic heterocycles. The zero-order chi connectivity index (χ0) is 19.2. The summed E-state index contributed by atoms with van der Waals surface area (Å²) >= 11 is 0. The Hall–Kier alpha value is -1.71. The lowest BCUT2D eigenvalue weighted by molar-refractivity contribution is 0.0366. The van der Waals surface area contributed by atoms with Crippen LogP contribution in [0, 0.1) is 11.8 Å². The van der Waals surface area contributed by atoms with Gasteiger partial charge in [-0.2, -0.15) is 0 Å². The average molecular weight is 370 g/mol. The van der Waals surface area contributed by atoms with Gasteiger partial charge in [0, 0.05) is 31.4 Å². The fraction of sp³-hybridized carbons (Fsp3) is 0.696. The van der Waals surface area contributed by atoms with Crippen LogP contribution in [0.25, 0.3) is 0 Å². The molecule has 0 heterocycles. The Labute approximate surface area is 164 Å². The second-order valence-corrected chi connectivity index (χ2v) is 9.73. The molecule has 3 aliphatic rings. The number of nitrogens with zero attached hydrogens (tertiary/aromatic N) is 2. The largest absolute Gasteiger partial charge is 0.378 e. The molecule has 1 aromatic rings. The van der Waals surface area contributed by atoms with Gasteiger partial charge in [0.1, 0.15) is 0 Å². The predicted octanol–water partition coefficient (Wildman–Crippen LogP) is 4.74. The molecule has 3 saturated carbocycles. The molecular formula is C23H35N3O. The highest BCUT2D eigenvalue weighted by molar-refractivity contribution is 5.73. The molecule has 0 radical (unpaired) electrons. The van der Waals surface area contributed by atoms with Gasteiger partial charge in [-0.15, -0.1) is 0 Å². The molecule has 0 spiro atoms. The van der Waals surface area contributed by atoms with Crippen molar-refractivity contribution in [2.24, 2.45) is 17.6 Å². The Morgan fingerprint density at radius 1 is 1.11 bits per heavy atom. The molecule has 0 aromatic heterocycles. The standard InChI is InChI=1S/C23H35N3O/c1-23(26(22(24)27)21-14-16-6-7-18(21)13-16)12-4-5-19(15-23)17-8-10-20(11-9-17)25(2)3/h8-11,16,18-19,21H,4-7,12-15H2,1-3H3,(H2,24,27). The molecule has 2 bridgehead atoms. The molecule has 3 aliphatic carbocycles. The third kappa shape index (κ3) is 3.43. The van der Waals surface area contributed by atoms with Crippen molar-refractivity contribution < 1.29 is 4.79 Å². The maximum absolute atomic E-state index is 12.6. The van der Waals surface area contributed by atoms with Crippen molar-refractivity contribution in [1.82, 2.24) is 4.90 Å². The van der Waals surface area contributed by atoms with Crippen molar-refractivity contribution in [2.45, 2.75) is 75.8 Å². The van der Waals surface area contributed by atoms with Gasteiger partial charge < -0.3 is 15.5 Å². The second kappa shape index (κ2) is 7.03. The number of rotatable bonds is 4. The highest BCUT2D eigenvalue weighted by Crippen LogP contribution is 2.51. The molecule has 5 atom stereocenters. The van der Waals surface area contributed by atoms with Crippen LogP contribution in [0.4, 0.5) is 10.5 Å². The number of nitrogens with two attached hydrogens (primary N) is 1. The second-order valence-electron chi connectivity index (χ2n) is 9.73. The van der Waals surface area contributed by atoms with E-state index in [4.69, 9.17) is 5.73 Å². The third-order valence-corrected chi connectivity index (χ3v) is 7.69. The number of hydrogen-bond donors (Lipinski definition) is 1. The van der Waals surface area contributed by atoms with Crippen molar-refractivity contribution in [3.8, 4) is 0 Å². The first kappa shape index (κ1) is 18.6. The number of anilines is 1. The molecule has 4 rings (SSSR count). The molecular weight excluding hydrogens is 334 g/mol. The van der Waals surface area contributed by atoms with E-state index in [0.717, 1.165) is 18.8 Å². The maximum Gasteiger partial charge on any atom is 0.315 e. The van der Waals surface area contributed by atoms with Crippen LogP contribution in [-0.4, -0.2) is 36.6 Å². The zero-order valence-corrected chi connectivity index (χ0v) is 17.2. The molecule has 2 N–H and O–H groups in total. The van der Waals surface area contributed by atoms with Crippen LogP contribution in [0.5, 0.6) is 0 Å². The molecule has 3 fully saturated rings. The van der Waals surface area contributed by atoms with Crippen LogP contribution in [0.15, 0.2) is 24.3 Å². The molecule has 2 amide bonds. The Morgan fingerprint density at radius 2 is 1.85 bits per heavy atom. The Balaban J connectivity index is 1.55. The van der Waals surface area contributed by atoms with Gasteiger partial charge in [0.2, 0.25) is 0 Å². The van der Waals surface area contributed by atoms with E-state index in [9.17, 15) is 4.79 Å². The zero-order valence-electron chi connectivity index (χ0n) is 17.2. The summed E-state index contributed by atoms with van der Waals surface area (Å²) in [6, 6.07) is 9.15. The smallest absolute Gasteiger partial charge is 0.315 e. The van der Waals surface area contributed by atoms with Gasteiger partial charge in [0.05, 0.1) is 0 Å². The number of amides is 2. The normalized spacial score (nSPS) is 35.2. The van der Waals surface area contributed by atoms with E-state index >= 15 is 0 Å². The summed E-state index contributed by atoms with van der Waals surface area (Å²) in [4.78, 5) is 16.8. The van der Waals surface area contributed by atoms with Crippen LogP contribution in [0.3, 0.4) is 0 Å². The first-order valence-corrected chi connectivity index (χ1v) is 10.7. The summed E-state index contributed by atoms with van der Waals surface area (Å²) in [7, 11) is 4.15. The summed E-state index contributed by atoms with van der Waals surface area (Å²) in [5.41, 5.74) is 8.52. The molecule has 5 unspecified atom stereocenters. The topological polar surface area (TPSA) is 49.6 Å². The van der Waals surface area contributed by atoms with Gasteiger partial charge in [-0.1, -0.05) is 25.0 Å². The van der Waals surface area contributed by atoms with E-state index in [0.29, 0.717) is 17.9 Å². The number of hydrogen-bond acceptors (Lipinski definition) is 2. The number of carbonyl (C=O) groups excluding carboxylic acids is 1.